The second-order valence-corrected chi connectivity index (χ2v) is 4.54. The van der Waals surface area contributed by atoms with E-state index < -0.39 is 12.0 Å². The number of hydrogen-bond donors (Lipinski definition) is 3. The summed E-state index contributed by atoms with van der Waals surface area (Å²) in [5.74, 6) is -0.760. The fourth-order valence-electron chi connectivity index (χ4n) is 1.82. The van der Waals surface area contributed by atoms with Crippen LogP contribution in [0.1, 0.15) is 58.3 Å². The molecule has 4 heteroatoms. The summed E-state index contributed by atoms with van der Waals surface area (Å²) in [6.07, 6.45) is 8.77. The lowest BCUT2D eigenvalue weighted by molar-refractivity contribution is -0.139. The summed E-state index contributed by atoms with van der Waals surface area (Å²) in [5.41, 5.74) is 5.38. The molecule has 4 N–H and O–H groups in total. The van der Waals surface area contributed by atoms with Crippen LogP contribution in [0.15, 0.2) is 0 Å². The van der Waals surface area contributed by atoms with Crippen LogP contribution in [0.25, 0.3) is 0 Å². The molecule has 102 valence electrons. The third-order valence-electron chi connectivity index (χ3n) is 2.92. The van der Waals surface area contributed by atoms with Gasteiger partial charge in [-0.3, -0.25) is 4.79 Å². The Labute approximate surface area is 105 Å². The van der Waals surface area contributed by atoms with Gasteiger partial charge in [0.1, 0.15) is 6.04 Å². The van der Waals surface area contributed by atoms with Gasteiger partial charge in [-0.1, -0.05) is 39.0 Å². The van der Waals surface area contributed by atoms with Gasteiger partial charge in [0.2, 0.25) is 0 Å². The molecular weight excluding hydrogens is 216 g/mol. The Bertz CT molecular complexity index is 186. The summed E-state index contributed by atoms with van der Waals surface area (Å²) in [7, 11) is 0. The van der Waals surface area contributed by atoms with Crippen molar-refractivity contribution >= 4 is 5.97 Å². The van der Waals surface area contributed by atoms with Crippen molar-refractivity contribution in [2.45, 2.75) is 64.3 Å². The Balaban J connectivity index is 3.44. The predicted molar refractivity (Wildman–Crippen MR) is 71.1 cm³/mol. The van der Waals surface area contributed by atoms with E-state index in [1.165, 1.54) is 32.1 Å². The van der Waals surface area contributed by atoms with E-state index in [1.54, 1.807) is 0 Å². The highest BCUT2D eigenvalue weighted by atomic mass is 16.4. The van der Waals surface area contributed by atoms with E-state index in [0.29, 0.717) is 13.0 Å². The van der Waals surface area contributed by atoms with Crippen LogP contribution in [0.4, 0.5) is 0 Å². The molecule has 0 bridgehead atoms. The summed E-state index contributed by atoms with van der Waals surface area (Å²) < 4.78 is 0. The van der Waals surface area contributed by atoms with Crippen LogP contribution < -0.4 is 11.1 Å². The normalized spacial score (nSPS) is 12.6. The van der Waals surface area contributed by atoms with Crippen LogP contribution in [-0.4, -0.2) is 30.2 Å². The first-order valence-corrected chi connectivity index (χ1v) is 6.88. The van der Waals surface area contributed by atoms with Crippen molar-refractivity contribution in [2.24, 2.45) is 5.73 Å². The van der Waals surface area contributed by atoms with Crippen molar-refractivity contribution in [3.63, 3.8) is 0 Å². The van der Waals surface area contributed by atoms with Crippen LogP contribution in [0.2, 0.25) is 0 Å². The van der Waals surface area contributed by atoms with Crippen LogP contribution in [0.3, 0.4) is 0 Å². The molecule has 0 heterocycles. The molecule has 4 nitrogen and oxygen atoms in total. The van der Waals surface area contributed by atoms with E-state index in [-0.39, 0.29) is 0 Å². The van der Waals surface area contributed by atoms with Crippen molar-refractivity contribution < 1.29 is 9.90 Å². The van der Waals surface area contributed by atoms with Gasteiger partial charge < -0.3 is 16.2 Å². The maximum absolute atomic E-state index is 10.9. The minimum atomic E-state index is -0.760. The summed E-state index contributed by atoms with van der Waals surface area (Å²) in [4.78, 5) is 10.9. The van der Waals surface area contributed by atoms with Crippen molar-refractivity contribution in [1.29, 1.82) is 0 Å². The fraction of sp³-hybridized carbons (Fsp3) is 0.923. The number of nitrogens with one attached hydrogen (secondary N) is 1. The zero-order valence-corrected chi connectivity index (χ0v) is 11.1. The third kappa shape index (κ3) is 10.3. The number of carboxylic acids is 1. The number of hydrogen-bond acceptors (Lipinski definition) is 3. The van der Waals surface area contributed by atoms with Gasteiger partial charge in [-0.25, -0.2) is 0 Å². The second-order valence-electron chi connectivity index (χ2n) is 4.54. The van der Waals surface area contributed by atoms with Crippen LogP contribution in [0, 0.1) is 0 Å². The minimum absolute atomic E-state index is 0.422. The van der Waals surface area contributed by atoms with Crippen LogP contribution in [0.5, 0.6) is 0 Å². The predicted octanol–water partition coefficient (Wildman–Crippen LogP) is 2.13. The highest BCUT2D eigenvalue weighted by Crippen LogP contribution is 2.04. The molecule has 0 radical (unpaired) electrons. The molecule has 0 aliphatic heterocycles. The number of unbranched alkanes of at least 4 members (excludes halogenated alkanes) is 5. The van der Waals surface area contributed by atoms with E-state index in [9.17, 15) is 4.79 Å². The van der Waals surface area contributed by atoms with Crippen molar-refractivity contribution in [3.05, 3.63) is 0 Å². The average Bonchev–Trinajstić information content (AvgIpc) is 2.31. The molecule has 0 aliphatic rings. The summed E-state index contributed by atoms with van der Waals surface area (Å²) in [6, 6.07) is -0.422. The first kappa shape index (κ1) is 16.4. The molecule has 0 unspecified atom stereocenters. The molecule has 0 aromatic carbocycles. The van der Waals surface area contributed by atoms with Crippen LogP contribution in [-0.2, 0) is 4.79 Å². The molecule has 0 saturated heterocycles. The number of carbonyl (C=O) groups is 1. The molecule has 0 fully saturated rings. The van der Waals surface area contributed by atoms with Gasteiger partial charge in [0, 0.05) is 0 Å². The molecule has 0 aromatic rings. The smallest absolute Gasteiger partial charge is 0.320 e. The molecule has 0 aromatic heterocycles. The maximum atomic E-state index is 10.9. The first-order valence-electron chi connectivity index (χ1n) is 6.88. The molecule has 0 amide bonds. The van der Waals surface area contributed by atoms with Crippen molar-refractivity contribution in [2.75, 3.05) is 13.1 Å². The average molecular weight is 244 g/mol. The van der Waals surface area contributed by atoms with Crippen molar-refractivity contribution in [3.8, 4) is 0 Å². The van der Waals surface area contributed by atoms with Gasteiger partial charge in [-0.05, 0) is 32.4 Å². The van der Waals surface area contributed by atoms with Gasteiger partial charge in [-0.15, -0.1) is 0 Å². The van der Waals surface area contributed by atoms with Crippen molar-refractivity contribution in [1.82, 2.24) is 5.32 Å². The molecule has 0 rings (SSSR count). The Kier molecular flexibility index (Phi) is 11.4. The molecular formula is C13H28N2O2. The first-order chi connectivity index (χ1) is 8.22. The highest BCUT2D eigenvalue weighted by Gasteiger charge is 2.14. The fourth-order valence-corrected chi connectivity index (χ4v) is 1.82. The van der Waals surface area contributed by atoms with Gasteiger partial charge in [-0.2, -0.15) is 0 Å². The van der Waals surface area contributed by atoms with E-state index in [2.05, 4.69) is 12.2 Å². The lowest BCUT2D eigenvalue weighted by Gasteiger charge is -2.13. The quantitative estimate of drug-likeness (QED) is 0.460. The number of nitrogens with two attached hydrogens (primary N) is 1. The Morgan fingerprint density at radius 1 is 1.18 bits per heavy atom. The van der Waals surface area contributed by atoms with E-state index in [4.69, 9.17) is 10.8 Å². The Morgan fingerprint density at radius 2 is 1.82 bits per heavy atom. The summed E-state index contributed by atoms with van der Waals surface area (Å²) >= 11 is 0. The number of aliphatic carboxylic acids is 1. The SMILES string of the molecule is CCCCCCCCN[C@H](CCCN)C(=O)O. The topological polar surface area (TPSA) is 75.3 Å². The molecule has 0 aliphatic carbocycles. The van der Waals surface area contributed by atoms with E-state index in [1.807, 2.05) is 0 Å². The lowest BCUT2D eigenvalue weighted by atomic mass is 10.1. The highest BCUT2D eigenvalue weighted by molar-refractivity contribution is 5.73. The number of carboxylic acid groups (broad SMARTS) is 1. The third-order valence-corrected chi connectivity index (χ3v) is 2.92. The minimum Gasteiger partial charge on any atom is -0.480 e. The maximum Gasteiger partial charge on any atom is 0.320 e. The van der Waals surface area contributed by atoms with Crippen LogP contribution >= 0.6 is 0 Å². The van der Waals surface area contributed by atoms with Gasteiger partial charge in [0.15, 0.2) is 0 Å². The number of rotatable bonds is 12. The monoisotopic (exact) mass is 244 g/mol. The molecule has 17 heavy (non-hydrogen) atoms. The summed E-state index contributed by atoms with van der Waals surface area (Å²) in [6.45, 7) is 3.56. The van der Waals surface area contributed by atoms with Gasteiger partial charge >= 0.3 is 5.97 Å². The lowest BCUT2D eigenvalue weighted by Crippen LogP contribution is -2.37. The largest absolute Gasteiger partial charge is 0.480 e. The van der Waals surface area contributed by atoms with Gasteiger partial charge in [0.25, 0.3) is 0 Å². The zero-order valence-electron chi connectivity index (χ0n) is 11.1. The van der Waals surface area contributed by atoms with Gasteiger partial charge in [0.05, 0.1) is 0 Å². The second kappa shape index (κ2) is 11.9. The van der Waals surface area contributed by atoms with E-state index in [0.717, 1.165) is 19.4 Å². The molecule has 0 spiro atoms. The molecule has 0 saturated carbocycles. The Hall–Kier alpha value is -0.610. The zero-order chi connectivity index (χ0) is 12.9. The van der Waals surface area contributed by atoms with E-state index >= 15 is 0 Å². The Morgan fingerprint density at radius 3 is 2.41 bits per heavy atom. The molecule has 1 atom stereocenters. The summed E-state index contributed by atoms with van der Waals surface area (Å²) in [5, 5.41) is 12.1. The standard InChI is InChI=1S/C13H28N2O2/c1-2-3-4-5-6-7-11-15-12(13(16)17)9-8-10-14/h12,15H,2-11,14H2,1H3,(H,16,17)/t12-/m1/s1.